The Morgan fingerprint density at radius 1 is 1.19 bits per heavy atom. The number of nitrogens with zero attached hydrogens (tertiary/aromatic N) is 1. The van der Waals surface area contributed by atoms with Crippen molar-refractivity contribution in [1.29, 1.82) is 0 Å². The van der Waals surface area contributed by atoms with E-state index in [1.807, 2.05) is 0 Å². The van der Waals surface area contributed by atoms with Gasteiger partial charge < -0.3 is 9.73 Å². The van der Waals surface area contributed by atoms with E-state index >= 15 is 0 Å². The summed E-state index contributed by atoms with van der Waals surface area (Å²) >= 11 is 0. The highest BCUT2D eigenvalue weighted by Crippen LogP contribution is 2.17. The SMILES string of the molecule is O=C(NCc1c(F)cccc1F)c1cc2ncccc2o1. The summed E-state index contributed by atoms with van der Waals surface area (Å²) in [5, 5.41) is 2.42. The fraction of sp³-hybridized carbons (Fsp3) is 0.0667. The molecule has 0 fully saturated rings. The van der Waals surface area contributed by atoms with Gasteiger partial charge in [-0.3, -0.25) is 9.78 Å². The van der Waals surface area contributed by atoms with E-state index in [1.165, 1.54) is 12.1 Å². The molecule has 0 saturated heterocycles. The summed E-state index contributed by atoms with van der Waals surface area (Å²) in [4.78, 5) is 16.0. The molecule has 0 radical (unpaired) electrons. The molecule has 0 unspecified atom stereocenters. The minimum absolute atomic E-state index is 0.0421. The van der Waals surface area contributed by atoms with Gasteiger partial charge in [-0.1, -0.05) is 6.07 Å². The number of amides is 1. The van der Waals surface area contributed by atoms with Crippen LogP contribution in [-0.4, -0.2) is 10.9 Å². The van der Waals surface area contributed by atoms with Crippen molar-refractivity contribution in [2.75, 3.05) is 0 Å². The van der Waals surface area contributed by atoms with Crippen LogP contribution in [0.4, 0.5) is 8.78 Å². The predicted molar refractivity (Wildman–Crippen MR) is 71.5 cm³/mol. The van der Waals surface area contributed by atoms with E-state index in [4.69, 9.17) is 4.42 Å². The van der Waals surface area contributed by atoms with Crippen molar-refractivity contribution in [3.05, 3.63) is 65.6 Å². The molecule has 0 aliphatic carbocycles. The van der Waals surface area contributed by atoms with Crippen LogP contribution in [0.1, 0.15) is 16.1 Å². The summed E-state index contributed by atoms with van der Waals surface area (Å²) < 4.78 is 32.2. The normalized spacial score (nSPS) is 10.8. The highest BCUT2D eigenvalue weighted by molar-refractivity contribution is 5.95. The van der Waals surface area contributed by atoms with E-state index in [2.05, 4.69) is 10.3 Å². The Morgan fingerprint density at radius 3 is 2.67 bits per heavy atom. The molecule has 0 spiro atoms. The molecule has 106 valence electrons. The zero-order chi connectivity index (χ0) is 14.8. The van der Waals surface area contributed by atoms with E-state index in [1.54, 1.807) is 18.3 Å². The Kier molecular flexibility index (Phi) is 3.35. The molecule has 1 N–H and O–H groups in total. The van der Waals surface area contributed by atoms with E-state index in [9.17, 15) is 13.6 Å². The van der Waals surface area contributed by atoms with Crippen LogP contribution < -0.4 is 5.32 Å². The average molecular weight is 288 g/mol. The van der Waals surface area contributed by atoms with Crippen LogP contribution in [0.5, 0.6) is 0 Å². The van der Waals surface area contributed by atoms with Gasteiger partial charge in [0.2, 0.25) is 0 Å². The van der Waals surface area contributed by atoms with E-state index in [0.717, 1.165) is 12.1 Å². The first-order valence-electron chi connectivity index (χ1n) is 6.21. The lowest BCUT2D eigenvalue weighted by molar-refractivity contribution is 0.0924. The summed E-state index contributed by atoms with van der Waals surface area (Å²) in [6.07, 6.45) is 1.58. The summed E-state index contributed by atoms with van der Waals surface area (Å²) in [6, 6.07) is 8.37. The molecule has 21 heavy (non-hydrogen) atoms. The van der Waals surface area contributed by atoms with Crippen LogP contribution in [-0.2, 0) is 6.54 Å². The first-order valence-corrected chi connectivity index (χ1v) is 6.21. The van der Waals surface area contributed by atoms with Crippen LogP contribution in [0.15, 0.2) is 47.0 Å². The molecule has 0 bridgehead atoms. The molecule has 3 aromatic rings. The second-order valence-corrected chi connectivity index (χ2v) is 4.38. The Hall–Kier alpha value is -2.76. The van der Waals surface area contributed by atoms with Crippen molar-refractivity contribution in [3.63, 3.8) is 0 Å². The van der Waals surface area contributed by atoms with Gasteiger partial charge >= 0.3 is 0 Å². The lowest BCUT2D eigenvalue weighted by Crippen LogP contribution is -2.23. The van der Waals surface area contributed by atoms with Crippen LogP contribution in [0.2, 0.25) is 0 Å². The molecular weight excluding hydrogens is 278 g/mol. The molecule has 2 aromatic heterocycles. The quantitative estimate of drug-likeness (QED) is 0.806. The zero-order valence-corrected chi connectivity index (χ0v) is 10.8. The average Bonchev–Trinajstić information content (AvgIpc) is 2.90. The Morgan fingerprint density at radius 2 is 1.95 bits per heavy atom. The molecular formula is C15H10F2N2O2. The summed E-state index contributed by atoms with van der Waals surface area (Å²) in [7, 11) is 0. The standard InChI is InChI=1S/C15H10F2N2O2/c16-10-3-1-4-11(17)9(10)8-19-15(20)14-7-12-13(21-14)5-2-6-18-12/h1-7H,8H2,(H,19,20). The fourth-order valence-electron chi connectivity index (χ4n) is 1.94. The van der Waals surface area contributed by atoms with Crippen LogP contribution in [0.3, 0.4) is 0 Å². The Bertz CT molecular complexity index is 761. The van der Waals surface area contributed by atoms with Gasteiger partial charge in [0.05, 0.1) is 0 Å². The molecule has 6 heteroatoms. The Labute approximate surface area is 118 Å². The largest absolute Gasteiger partial charge is 0.449 e. The molecule has 0 aliphatic rings. The van der Waals surface area contributed by atoms with Gasteiger partial charge in [-0.15, -0.1) is 0 Å². The van der Waals surface area contributed by atoms with Crippen molar-refractivity contribution in [2.24, 2.45) is 0 Å². The number of halogens is 2. The van der Waals surface area contributed by atoms with E-state index in [-0.39, 0.29) is 17.9 Å². The predicted octanol–water partition coefficient (Wildman–Crippen LogP) is 3.04. The smallest absolute Gasteiger partial charge is 0.287 e. The molecule has 0 atom stereocenters. The maximum absolute atomic E-state index is 13.4. The van der Waals surface area contributed by atoms with Crippen molar-refractivity contribution in [3.8, 4) is 0 Å². The summed E-state index contributed by atoms with van der Waals surface area (Å²) in [5.74, 6) is -1.93. The third-order valence-electron chi connectivity index (χ3n) is 3.00. The molecule has 4 nitrogen and oxygen atoms in total. The minimum Gasteiger partial charge on any atom is -0.449 e. The van der Waals surface area contributed by atoms with Gasteiger partial charge in [-0.25, -0.2) is 8.78 Å². The third-order valence-corrected chi connectivity index (χ3v) is 3.00. The highest BCUT2D eigenvalue weighted by Gasteiger charge is 2.14. The second kappa shape index (κ2) is 5.32. The maximum Gasteiger partial charge on any atom is 0.287 e. The molecule has 2 heterocycles. The number of rotatable bonds is 3. The van der Waals surface area contributed by atoms with Crippen molar-refractivity contribution >= 4 is 17.0 Å². The van der Waals surface area contributed by atoms with Gasteiger partial charge in [0.25, 0.3) is 5.91 Å². The highest BCUT2D eigenvalue weighted by atomic mass is 19.1. The van der Waals surface area contributed by atoms with Crippen LogP contribution >= 0.6 is 0 Å². The number of nitrogens with one attached hydrogen (secondary N) is 1. The van der Waals surface area contributed by atoms with Gasteiger partial charge in [0.15, 0.2) is 11.3 Å². The van der Waals surface area contributed by atoms with Crippen molar-refractivity contribution < 1.29 is 18.0 Å². The fourth-order valence-corrected chi connectivity index (χ4v) is 1.94. The van der Waals surface area contributed by atoms with Gasteiger partial charge in [-0.05, 0) is 24.3 Å². The molecule has 1 amide bonds. The maximum atomic E-state index is 13.4. The lowest BCUT2D eigenvalue weighted by atomic mass is 10.2. The zero-order valence-electron chi connectivity index (χ0n) is 10.8. The monoisotopic (exact) mass is 288 g/mol. The minimum atomic E-state index is -0.707. The summed E-state index contributed by atoms with van der Waals surface area (Å²) in [5.41, 5.74) is 0.819. The van der Waals surface area contributed by atoms with Crippen LogP contribution in [0.25, 0.3) is 11.1 Å². The first kappa shape index (κ1) is 13.2. The van der Waals surface area contributed by atoms with Crippen LogP contribution in [0, 0.1) is 11.6 Å². The molecule has 0 saturated carbocycles. The second-order valence-electron chi connectivity index (χ2n) is 4.38. The number of benzene rings is 1. The summed E-state index contributed by atoms with van der Waals surface area (Å²) in [6.45, 7) is -0.262. The number of pyridine rings is 1. The van der Waals surface area contributed by atoms with Gasteiger partial charge in [-0.2, -0.15) is 0 Å². The van der Waals surface area contributed by atoms with Crippen molar-refractivity contribution in [2.45, 2.75) is 6.54 Å². The number of furan rings is 1. The molecule has 3 rings (SSSR count). The molecule has 1 aromatic carbocycles. The topological polar surface area (TPSA) is 55.1 Å². The number of hydrogen-bond donors (Lipinski definition) is 1. The number of carbonyl (C=O) groups excluding carboxylic acids is 1. The number of fused-ring (bicyclic) bond motifs is 1. The van der Waals surface area contributed by atoms with Crippen molar-refractivity contribution in [1.82, 2.24) is 10.3 Å². The van der Waals surface area contributed by atoms with Gasteiger partial charge in [0, 0.05) is 24.4 Å². The third kappa shape index (κ3) is 2.60. The molecule has 0 aliphatic heterocycles. The lowest BCUT2D eigenvalue weighted by Gasteiger charge is -2.05. The number of carbonyl (C=O) groups is 1. The number of aromatic nitrogens is 1. The number of hydrogen-bond acceptors (Lipinski definition) is 3. The van der Waals surface area contributed by atoms with E-state index < -0.39 is 17.5 Å². The Balaban J connectivity index is 1.77. The van der Waals surface area contributed by atoms with E-state index in [0.29, 0.717) is 11.1 Å². The first-order chi connectivity index (χ1) is 10.1. The van der Waals surface area contributed by atoms with Gasteiger partial charge in [0.1, 0.15) is 17.2 Å².